The van der Waals surface area contributed by atoms with Crippen LogP contribution in [0.2, 0.25) is 4.34 Å². The number of nitrogens with two attached hydrogens (primary N) is 1. The molecule has 0 aromatic carbocycles. The molecule has 1 aromatic heterocycles. The molecule has 0 saturated carbocycles. The van der Waals surface area contributed by atoms with Crippen molar-refractivity contribution in [2.75, 3.05) is 0 Å². The van der Waals surface area contributed by atoms with E-state index in [0.717, 1.165) is 9.90 Å². The lowest BCUT2D eigenvalue weighted by atomic mass is 9.86. The van der Waals surface area contributed by atoms with E-state index < -0.39 is 0 Å². The molecule has 0 saturated heterocycles. The minimum absolute atomic E-state index is 0.0729. The Morgan fingerprint density at radius 2 is 2.00 bits per heavy atom. The molecule has 1 unspecified atom stereocenters. The van der Waals surface area contributed by atoms with Crippen LogP contribution in [0.15, 0.2) is 6.07 Å². The van der Waals surface area contributed by atoms with Gasteiger partial charge in [-0.1, -0.05) is 32.4 Å². The summed E-state index contributed by atoms with van der Waals surface area (Å²) in [6.45, 7) is 8.43. The summed E-state index contributed by atoms with van der Waals surface area (Å²) in [5.41, 5.74) is 7.33. The fourth-order valence-electron chi connectivity index (χ4n) is 1.06. The summed E-state index contributed by atoms with van der Waals surface area (Å²) in [7, 11) is 0. The summed E-state index contributed by atoms with van der Waals surface area (Å²) in [6.07, 6.45) is 0. The number of halogens is 1. The van der Waals surface area contributed by atoms with Gasteiger partial charge in [0.1, 0.15) is 0 Å². The quantitative estimate of drug-likeness (QED) is 0.762. The Morgan fingerprint density at radius 1 is 1.46 bits per heavy atom. The Bertz CT molecular complexity index is 279. The standard InChI is InChI=1S/C10H16ClNS/c1-6-5-7(13-9(6)11)8(12)10(2,3)4/h5,8H,12H2,1-4H3. The van der Waals surface area contributed by atoms with Gasteiger partial charge in [0.25, 0.3) is 0 Å². The largest absolute Gasteiger partial charge is 0.323 e. The van der Waals surface area contributed by atoms with Crippen molar-refractivity contribution in [3.8, 4) is 0 Å². The molecule has 3 heteroatoms. The van der Waals surface area contributed by atoms with Crippen LogP contribution in [0, 0.1) is 12.3 Å². The maximum absolute atomic E-state index is 6.11. The van der Waals surface area contributed by atoms with Gasteiger partial charge in [-0.15, -0.1) is 11.3 Å². The lowest BCUT2D eigenvalue weighted by Gasteiger charge is -2.25. The van der Waals surface area contributed by atoms with E-state index in [1.54, 1.807) is 11.3 Å². The number of thiophene rings is 1. The highest BCUT2D eigenvalue weighted by Crippen LogP contribution is 2.37. The average molecular weight is 218 g/mol. The monoisotopic (exact) mass is 217 g/mol. The molecular weight excluding hydrogens is 202 g/mol. The van der Waals surface area contributed by atoms with Gasteiger partial charge < -0.3 is 5.73 Å². The Balaban J connectivity index is 2.96. The first-order chi connectivity index (χ1) is 5.82. The molecule has 0 aliphatic carbocycles. The molecule has 1 aromatic rings. The average Bonchev–Trinajstić information content (AvgIpc) is 2.29. The number of rotatable bonds is 1. The van der Waals surface area contributed by atoms with E-state index in [4.69, 9.17) is 17.3 Å². The molecule has 0 amide bonds. The van der Waals surface area contributed by atoms with E-state index in [1.807, 2.05) is 6.92 Å². The molecule has 1 rings (SSSR count). The predicted molar refractivity (Wildman–Crippen MR) is 60.4 cm³/mol. The molecule has 1 heterocycles. The minimum Gasteiger partial charge on any atom is -0.323 e. The van der Waals surface area contributed by atoms with Gasteiger partial charge in [-0.3, -0.25) is 0 Å². The van der Waals surface area contributed by atoms with Crippen LogP contribution in [0.5, 0.6) is 0 Å². The highest BCUT2D eigenvalue weighted by molar-refractivity contribution is 7.16. The van der Waals surface area contributed by atoms with Crippen LogP contribution in [0.3, 0.4) is 0 Å². The zero-order valence-electron chi connectivity index (χ0n) is 8.52. The molecule has 0 aliphatic heterocycles. The fourth-order valence-corrected chi connectivity index (χ4v) is 2.53. The highest BCUT2D eigenvalue weighted by Gasteiger charge is 2.24. The molecule has 0 radical (unpaired) electrons. The second-order valence-electron chi connectivity index (χ2n) is 4.45. The second-order valence-corrected chi connectivity index (χ2v) is 6.14. The zero-order valence-corrected chi connectivity index (χ0v) is 10.1. The summed E-state index contributed by atoms with van der Waals surface area (Å²) >= 11 is 7.58. The smallest absolute Gasteiger partial charge is 0.0960 e. The molecular formula is C10H16ClNS. The van der Waals surface area contributed by atoms with Crippen LogP contribution in [0.4, 0.5) is 0 Å². The van der Waals surface area contributed by atoms with E-state index in [0.29, 0.717) is 0 Å². The van der Waals surface area contributed by atoms with E-state index in [1.165, 1.54) is 4.88 Å². The van der Waals surface area contributed by atoms with Gasteiger partial charge in [-0.25, -0.2) is 0 Å². The van der Waals surface area contributed by atoms with Gasteiger partial charge in [0, 0.05) is 10.9 Å². The summed E-state index contributed by atoms with van der Waals surface area (Å²) in [5, 5.41) is 0. The number of aryl methyl sites for hydroxylation is 1. The molecule has 74 valence electrons. The van der Waals surface area contributed by atoms with Crippen molar-refractivity contribution in [3.63, 3.8) is 0 Å². The first-order valence-corrected chi connectivity index (χ1v) is 5.53. The van der Waals surface area contributed by atoms with Gasteiger partial charge in [0.05, 0.1) is 4.34 Å². The van der Waals surface area contributed by atoms with Crippen molar-refractivity contribution in [3.05, 3.63) is 20.8 Å². The van der Waals surface area contributed by atoms with Crippen LogP contribution in [0.25, 0.3) is 0 Å². The van der Waals surface area contributed by atoms with Crippen LogP contribution in [-0.4, -0.2) is 0 Å². The lowest BCUT2D eigenvalue weighted by Crippen LogP contribution is -2.25. The van der Waals surface area contributed by atoms with Crippen molar-refractivity contribution in [2.45, 2.75) is 33.7 Å². The van der Waals surface area contributed by atoms with Crippen LogP contribution >= 0.6 is 22.9 Å². The molecule has 0 aliphatic rings. The molecule has 13 heavy (non-hydrogen) atoms. The zero-order chi connectivity index (χ0) is 10.2. The van der Waals surface area contributed by atoms with Gasteiger partial charge in [0.2, 0.25) is 0 Å². The third-order valence-electron chi connectivity index (χ3n) is 2.12. The third kappa shape index (κ3) is 2.46. The molecule has 1 nitrogen and oxygen atoms in total. The first kappa shape index (κ1) is 11.0. The van der Waals surface area contributed by atoms with Crippen molar-refractivity contribution in [2.24, 2.45) is 11.1 Å². The molecule has 0 spiro atoms. The SMILES string of the molecule is Cc1cc(C(N)C(C)(C)C)sc1Cl. The number of hydrogen-bond donors (Lipinski definition) is 1. The Hall–Kier alpha value is -0.0500. The van der Waals surface area contributed by atoms with Crippen molar-refractivity contribution in [1.82, 2.24) is 0 Å². The van der Waals surface area contributed by atoms with Crippen LogP contribution in [0.1, 0.15) is 37.3 Å². The van der Waals surface area contributed by atoms with E-state index in [-0.39, 0.29) is 11.5 Å². The summed E-state index contributed by atoms with van der Waals surface area (Å²) in [6, 6.07) is 2.16. The van der Waals surface area contributed by atoms with E-state index in [2.05, 4.69) is 26.8 Å². The normalized spacial score (nSPS) is 14.6. The summed E-state index contributed by atoms with van der Waals surface area (Å²) < 4.78 is 0.856. The van der Waals surface area contributed by atoms with Crippen molar-refractivity contribution >= 4 is 22.9 Å². The summed E-state index contributed by atoms with van der Waals surface area (Å²) in [5.74, 6) is 0. The Labute approximate surface area is 88.9 Å². The minimum atomic E-state index is 0.0729. The van der Waals surface area contributed by atoms with E-state index in [9.17, 15) is 0 Å². The van der Waals surface area contributed by atoms with E-state index >= 15 is 0 Å². The third-order valence-corrected chi connectivity index (χ3v) is 3.75. The van der Waals surface area contributed by atoms with Crippen LogP contribution < -0.4 is 5.73 Å². The molecule has 1 atom stereocenters. The summed E-state index contributed by atoms with van der Waals surface area (Å²) in [4.78, 5) is 1.18. The van der Waals surface area contributed by atoms with Gasteiger partial charge in [-0.05, 0) is 24.0 Å². The van der Waals surface area contributed by atoms with Gasteiger partial charge in [0.15, 0.2) is 0 Å². The Kier molecular flexibility index (Phi) is 3.05. The predicted octanol–water partition coefficient (Wildman–Crippen LogP) is 3.76. The molecule has 2 N–H and O–H groups in total. The number of hydrogen-bond acceptors (Lipinski definition) is 2. The maximum atomic E-state index is 6.11. The van der Waals surface area contributed by atoms with Crippen molar-refractivity contribution in [1.29, 1.82) is 0 Å². The molecule has 0 fully saturated rings. The second kappa shape index (κ2) is 3.60. The van der Waals surface area contributed by atoms with Gasteiger partial charge >= 0.3 is 0 Å². The lowest BCUT2D eigenvalue weighted by molar-refractivity contribution is 0.331. The molecule has 0 bridgehead atoms. The highest BCUT2D eigenvalue weighted by atomic mass is 35.5. The first-order valence-electron chi connectivity index (χ1n) is 4.34. The fraction of sp³-hybridized carbons (Fsp3) is 0.600. The maximum Gasteiger partial charge on any atom is 0.0960 e. The topological polar surface area (TPSA) is 26.0 Å². The van der Waals surface area contributed by atoms with Crippen molar-refractivity contribution < 1.29 is 0 Å². The van der Waals surface area contributed by atoms with Gasteiger partial charge in [-0.2, -0.15) is 0 Å². The Morgan fingerprint density at radius 3 is 2.31 bits per heavy atom. The van der Waals surface area contributed by atoms with Crippen LogP contribution in [-0.2, 0) is 0 Å².